The molecule has 0 aliphatic carbocycles. The van der Waals surface area contributed by atoms with Crippen LogP contribution in [0.1, 0.15) is 0 Å². The summed E-state index contributed by atoms with van der Waals surface area (Å²) in [5.41, 5.74) is 4.54. The molecule has 0 bridgehead atoms. The third-order valence-corrected chi connectivity index (χ3v) is 8.57. The first-order valence-corrected chi connectivity index (χ1v) is 15.2. The fourth-order valence-electron chi connectivity index (χ4n) is 3.63. The average Bonchev–Trinajstić information content (AvgIpc) is 2.72. The Morgan fingerprint density at radius 2 is 0.733 bits per heavy atom. The number of hydrogen-bond donors (Lipinski definition) is 0. The molecule has 4 aromatic rings. The lowest BCUT2D eigenvalue weighted by Gasteiger charge is -2.10. The van der Waals surface area contributed by atoms with Crippen LogP contribution >= 0.6 is 14.3 Å². The Kier molecular flexibility index (Phi) is 5.35. The van der Waals surface area contributed by atoms with Crippen molar-refractivity contribution in [3.8, 4) is 22.3 Å². The van der Waals surface area contributed by atoms with Crippen LogP contribution in [-0.4, -0.2) is 26.7 Å². The molecule has 0 fully saturated rings. The maximum Gasteiger partial charge on any atom is 0.109 e. The van der Waals surface area contributed by atoms with E-state index < -0.39 is 14.3 Å². The van der Waals surface area contributed by atoms with E-state index in [2.05, 4.69) is 36.4 Å². The normalized spacial score (nSPS) is 12.3. The summed E-state index contributed by atoms with van der Waals surface area (Å²) in [6.45, 7) is 7.19. The first kappa shape index (κ1) is 20.9. The van der Waals surface area contributed by atoms with Gasteiger partial charge in [-0.3, -0.25) is 0 Å². The minimum Gasteiger partial charge on any atom is -0.319 e. The maximum absolute atomic E-state index is 12.2. The van der Waals surface area contributed by atoms with Crippen LogP contribution in [0.2, 0.25) is 0 Å². The van der Waals surface area contributed by atoms with Crippen molar-refractivity contribution in [3.05, 3.63) is 84.9 Å². The van der Waals surface area contributed by atoms with Crippen LogP contribution in [0.5, 0.6) is 0 Å². The number of benzene rings is 4. The van der Waals surface area contributed by atoms with Gasteiger partial charge in [-0.1, -0.05) is 72.8 Å². The summed E-state index contributed by atoms with van der Waals surface area (Å²) >= 11 is 0. The van der Waals surface area contributed by atoms with Crippen molar-refractivity contribution in [2.45, 2.75) is 0 Å². The molecule has 30 heavy (non-hydrogen) atoms. The molecule has 0 heterocycles. The topological polar surface area (TPSA) is 34.1 Å². The highest BCUT2D eigenvalue weighted by molar-refractivity contribution is 7.70. The van der Waals surface area contributed by atoms with Crippen molar-refractivity contribution >= 4 is 35.7 Å². The minimum absolute atomic E-state index is 0.908. The fourth-order valence-corrected chi connectivity index (χ4v) is 5.36. The van der Waals surface area contributed by atoms with E-state index in [4.69, 9.17) is 0 Å². The SMILES string of the molecule is CP(C)(=O)c1ccc(-c2ccc3cc(-c4ccc(P(C)(C)=O)cc4)ccc3c2)cc1. The van der Waals surface area contributed by atoms with Gasteiger partial charge in [0.1, 0.15) is 14.3 Å². The van der Waals surface area contributed by atoms with Crippen molar-refractivity contribution in [1.29, 1.82) is 0 Å². The van der Waals surface area contributed by atoms with Gasteiger partial charge in [0.2, 0.25) is 0 Å². The molecule has 0 N–H and O–H groups in total. The quantitative estimate of drug-likeness (QED) is 0.338. The second kappa shape index (κ2) is 7.69. The first-order chi connectivity index (χ1) is 14.1. The largest absolute Gasteiger partial charge is 0.319 e. The van der Waals surface area contributed by atoms with E-state index in [1.165, 1.54) is 10.8 Å². The Morgan fingerprint density at radius 1 is 0.433 bits per heavy atom. The van der Waals surface area contributed by atoms with Gasteiger partial charge in [0, 0.05) is 10.6 Å². The summed E-state index contributed by atoms with van der Waals surface area (Å²) < 4.78 is 24.5. The maximum atomic E-state index is 12.2. The molecule has 0 aliphatic heterocycles. The Labute approximate surface area is 178 Å². The summed E-state index contributed by atoms with van der Waals surface area (Å²) in [4.78, 5) is 0. The van der Waals surface area contributed by atoms with Crippen molar-refractivity contribution in [2.24, 2.45) is 0 Å². The van der Waals surface area contributed by atoms with Crippen LogP contribution in [-0.2, 0) is 9.13 Å². The third kappa shape index (κ3) is 4.36. The molecular weight excluding hydrogens is 406 g/mol. The van der Waals surface area contributed by atoms with Crippen LogP contribution in [0.15, 0.2) is 84.9 Å². The molecule has 4 heteroatoms. The van der Waals surface area contributed by atoms with Gasteiger partial charge in [0.25, 0.3) is 0 Å². The van der Waals surface area contributed by atoms with Crippen LogP contribution in [0.3, 0.4) is 0 Å². The molecule has 0 amide bonds. The molecule has 0 atom stereocenters. The second-order valence-corrected chi connectivity index (χ2v) is 15.0. The van der Waals surface area contributed by atoms with Gasteiger partial charge in [-0.15, -0.1) is 0 Å². The summed E-state index contributed by atoms with van der Waals surface area (Å²) in [6.07, 6.45) is 0. The molecule has 0 spiro atoms. The van der Waals surface area contributed by atoms with Gasteiger partial charge in [0.05, 0.1) is 0 Å². The standard InChI is InChI=1S/C26H26O2P2/c1-29(2,27)25-13-9-19(10-14-25)21-5-7-24-18-22(6-8-23(24)17-21)20-11-15-26(16-12-20)30(3,4)28/h5-18H,1-4H3. The van der Waals surface area contributed by atoms with Crippen LogP contribution < -0.4 is 10.6 Å². The summed E-state index contributed by atoms with van der Waals surface area (Å²) in [5, 5.41) is 4.18. The number of hydrogen-bond acceptors (Lipinski definition) is 2. The second-order valence-electron chi connectivity index (χ2n) is 8.57. The zero-order valence-electron chi connectivity index (χ0n) is 17.8. The van der Waals surface area contributed by atoms with Crippen molar-refractivity contribution in [2.75, 3.05) is 26.7 Å². The lowest BCUT2D eigenvalue weighted by atomic mass is 9.98. The van der Waals surface area contributed by atoms with Gasteiger partial charge in [-0.2, -0.15) is 0 Å². The van der Waals surface area contributed by atoms with Crippen molar-refractivity contribution in [3.63, 3.8) is 0 Å². The van der Waals surface area contributed by atoms with Gasteiger partial charge in [-0.05, 0) is 71.8 Å². The van der Waals surface area contributed by atoms with E-state index >= 15 is 0 Å². The third-order valence-electron chi connectivity index (χ3n) is 5.49. The Bertz CT molecular complexity index is 1200. The predicted octanol–water partition coefficient (Wildman–Crippen LogP) is 6.67. The highest BCUT2D eigenvalue weighted by atomic mass is 31.2. The first-order valence-electron chi connectivity index (χ1n) is 9.97. The van der Waals surface area contributed by atoms with E-state index in [1.807, 2.05) is 48.5 Å². The van der Waals surface area contributed by atoms with Crippen LogP contribution in [0.4, 0.5) is 0 Å². The van der Waals surface area contributed by atoms with Gasteiger partial charge < -0.3 is 9.13 Å². The van der Waals surface area contributed by atoms with Crippen LogP contribution in [0.25, 0.3) is 33.0 Å². The lowest BCUT2D eigenvalue weighted by Crippen LogP contribution is -2.01. The van der Waals surface area contributed by atoms with Gasteiger partial charge in [0.15, 0.2) is 0 Å². The minimum atomic E-state index is -2.23. The highest BCUT2D eigenvalue weighted by Crippen LogP contribution is 2.36. The molecule has 0 aromatic heterocycles. The molecule has 4 aromatic carbocycles. The number of rotatable bonds is 4. The van der Waals surface area contributed by atoms with Gasteiger partial charge in [-0.25, -0.2) is 0 Å². The van der Waals surface area contributed by atoms with E-state index in [0.29, 0.717) is 0 Å². The van der Waals surface area contributed by atoms with Crippen molar-refractivity contribution in [1.82, 2.24) is 0 Å². The van der Waals surface area contributed by atoms with Crippen LogP contribution in [0, 0.1) is 0 Å². The average molecular weight is 432 g/mol. The molecule has 0 aliphatic rings. The summed E-state index contributed by atoms with van der Waals surface area (Å²) in [7, 11) is -4.46. The molecule has 4 rings (SSSR count). The predicted molar refractivity (Wildman–Crippen MR) is 133 cm³/mol. The fraction of sp³-hybridized carbons (Fsp3) is 0.154. The lowest BCUT2D eigenvalue weighted by molar-refractivity contribution is 0.587. The van der Waals surface area contributed by atoms with E-state index in [-0.39, 0.29) is 0 Å². The van der Waals surface area contributed by atoms with Crippen molar-refractivity contribution < 1.29 is 9.13 Å². The monoisotopic (exact) mass is 432 g/mol. The summed E-state index contributed by atoms with van der Waals surface area (Å²) in [5.74, 6) is 0. The zero-order valence-corrected chi connectivity index (χ0v) is 19.6. The highest BCUT2D eigenvalue weighted by Gasteiger charge is 2.12. The Balaban J connectivity index is 1.66. The smallest absolute Gasteiger partial charge is 0.109 e. The summed E-state index contributed by atoms with van der Waals surface area (Å²) in [6, 6.07) is 29.0. The molecule has 2 nitrogen and oxygen atoms in total. The van der Waals surface area contributed by atoms with E-state index in [0.717, 1.165) is 32.9 Å². The molecule has 152 valence electrons. The zero-order chi connectivity index (χ0) is 21.5. The Morgan fingerprint density at radius 3 is 1.03 bits per heavy atom. The molecular formula is C26H26O2P2. The molecule has 0 radical (unpaired) electrons. The molecule has 0 saturated carbocycles. The number of fused-ring (bicyclic) bond motifs is 1. The van der Waals surface area contributed by atoms with Gasteiger partial charge >= 0.3 is 0 Å². The molecule has 0 unspecified atom stereocenters. The van der Waals surface area contributed by atoms with E-state index in [9.17, 15) is 9.13 Å². The van der Waals surface area contributed by atoms with E-state index in [1.54, 1.807) is 26.7 Å². The molecule has 0 saturated heterocycles. The Hall–Kier alpha value is -2.40.